The van der Waals surface area contributed by atoms with Gasteiger partial charge < -0.3 is 10.2 Å². The largest absolute Gasteiger partial charge is 0.378 e. The first-order valence-corrected chi connectivity index (χ1v) is 10.4. The molecule has 0 aliphatic rings. The molecule has 0 saturated heterocycles. The summed E-state index contributed by atoms with van der Waals surface area (Å²) in [6.07, 6.45) is 0.612. The van der Waals surface area contributed by atoms with E-state index in [1.807, 2.05) is 43.3 Å². The van der Waals surface area contributed by atoms with Gasteiger partial charge in [-0.3, -0.25) is 4.79 Å². The number of nitrogens with one attached hydrogen (secondary N) is 1. The molecule has 0 aliphatic carbocycles. The van der Waals surface area contributed by atoms with Crippen LogP contribution in [0, 0.1) is 5.82 Å². The Kier molecular flexibility index (Phi) is 7.53. The van der Waals surface area contributed by atoms with Gasteiger partial charge in [0.2, 0.25) is 15.9 Å². The van der Waals surface area contributed by atoms with E-state index < -0.39 is 15.8 Å². The van der Waals surface area contributed by atoms with E-state index >= 15 is 0 Å². The second kappa shape index (κ2) is 9.66. The topological polar surface area (TPSA) is 69.7 Å². The number of hydrogen-bond donors (Lipinski definition) is 1. The summed E-state index contributed by atoms with van der Waals surface area (Å²) in [5, 5.41) is 2.84. The van der Waals surface area contributed by atoms with Crippen molar-refractivity contribution < 1.29 is 17.6 Å². The molecule has 2 aromatic carbocycles. The molecule has 0 aromatic heterocycles. The zero-order valence-electron chi connectivity index (χ0n) is 16.4. The quantitative estimate of drug-likeness (QED) is 0.694. The van der Waals surface area contributed by atoms with Crippen LogP contribution < -0.4 is 10.2 Å². The molecular formula is C20H26FN3O3S. The van der Waals surface area contributed by atoms with Gasteiger partial charge in [-0.25, -0.2) is 17.1 Å². The van der Waals surface area contributed by atoms with E-state index in [-0.39, 0.29) is 23.8 Å². The summed E-state index contributed by atoms with van der Waals surface area (Å²) >= 11 is 0. The smallest absolute Gasteiger partial charge is 0.242 e. The molecule has 28 heavy (non-hydrogen) atoms. The Bertz CT molecular complexity index is 882. The summed E-state index contributed by atoms with van der Waals surface area (Å²) in [5.41, 5.74) is 2.08. The lowest BCUT2D eigenvalue weighted by molar-refractivity contribution is -0.121. The van der Waals surface area contributed by atoms with Crippen LogP contribution in [0.4, 0.5) is 10.1 Å². The van der Waals surface area contributed by atoms with Gasteiger partial charge in [0.05, 0.1) is 4.90 Å². The van der Waals surface area contributed by atoms with Crippen LogP contribution in [0.5, 0.6) is 0 Å². The third-order valence-corrected chi connectivity index (χ3v) is 6.21. The van der Waals surface area contributed by atoms with Crippen LogP contribution in [-0.4, -0.2) is 46.3 Å². The van der Waals surface area contributed by atoms with Crippen molar-refractivity contribution in [1.82, 2.24) is 9.62 Å². The number of halogens is 1. The van der Waals surface area contributed by atoms with Crippen LogP contribution >= 0.6 is 0 Å². The fraction of sp³-hybridized carbons (Fsp3) is 0.350. The zero-order chi connectivity index (χ0) is 20.7. The second-order valence-electron chi connectivity index (χ2n) is 6.72. The summed E-state index contributed by atoms with van der Waals surface area (Å²) in [5.74, 6) is -0.626. The molecule has 8 heteroatoms. The van der Waals surface area contributed by atoms with Gasteiger partial charge >= 0.3 is 0 Å². The number of carbonyl (C=O) groups excluding carboxylic acids is 1. The minimum absolute atomic E-state index is 0.0297. The predicted molar refractivity (Wildman–Crippen MR) is 108 cm³/mol. The summed E-state index contributed by atoms with van der Waals surface area (Å²) in [6.45, 7) is 0.626. The molecule has 1 N–H and O–H groups in total. The Morgan fingerprint density at radius 1 is 1.00 bits per heavy atom. The van der Waals surface area contributed by atoms with Gasteiger partial charge in [0.1, 0.15) is 5.82 Å². The molecule has 0 aliphatic heterocycles. The first-order valence-electron chi connectivity index (χ1n) is 8.95. The Labute approximate surface area is 166 Å². The van der Waals surface area contributed by atoms with Crippen LogP contribution in [0.3, 0.4) is 0 Å². The Hall–Kier alpha value is -2.45. The van der Waals surface area contributed by atoms with E-state index in [1.165, 1.54) is 23.5 Å². The van der Waals surface area contributed by atoms with Crippen LogP contribution in [0.15, 0.2) is 53.4 Å². The molecule has 2 rings (SSSR count). The highest BCUT2D eigenvalue weighted by Gasteiger charge is 2.20. The number of amides is 1. The van der Waals surface area contributed by atoms with Gasteiger partial charge in [-0.2, -0.15) is 0 Å². The fourth-order valence-electron chi connectivity index (χ4n) is 2.57. The van der Waals surface area contributed by atoms with E-state index in [0.717, 1.165) is 23.4 Å². The molecule has 0 bridgehead atoms. The van der Waals surface area contributed by atoms with Crippen molar-refractivity contribution in [2.45, 2.75) is 24.3 Å². The molecule has 0 unspecified atom stereocenters. The monoisotopic (exact) mass is 407 g/mol. The molecule has 1 amide bonds. The molecule has 0 heterocycles. The minimum Gasteiger partial charge on any atom is -0.378 e. The van der Waals surface area contributed by atoms with Crippen LogP contribution in [0.2, 0.25) is 0 Å². The molecule has 152 valence electrons. The highest BCUT2D eigenvalue weighted by molar-refractivity contribution is 7.89. The average molecular weight is 408 g/mol. The van der Waals surface area contributed by atoms with Crippen molar-refractivity contribution in [3.8, 4) is 0 Å². The van der Waals surface area contributed by atoms with Crippen molar-refractivity contribution in [3.63, 3.8) is 0 Å². The minimum atomic E-state index is -3.69. The van der Waals surface area contributed by atoms with Crippen LogP contribution in [-0.2, 0) is 21.4 Å². The van der Waals surface area contributed by atoms with Crippen LogP contribution in [0.1, 0.15) is 18.4 Å². The maximum Gasteiger partial charge on any atom is 0.242 e. The predicted octanol–water partition coefficient (Wildman–Crippen LogP) is 2.61. The molecule has 6 nitrogen and oxygen atoms in total. The highest BCUT2D eigenvalue weighted by atomic mass is 32.2. The lowest BCUT2D eigenvalue weighted by Gasteiger charge is -2.17. The first kappa shape index (κ1) is 21.8. The summed E-state index contributed by atoms with van der Waals surface area (Å²) < 4.78 is 38.9. The number of benzene rings is 2. The van der Waals surface area contributed by atoms with Crippen LogP contribution in [0.25, 0.3) is 0 Å². The van der Waals surface area contributed by atoms with Gasteiger partial charge in [0, 0.05) is 46.3 Å². The summed E-state index contributed by atoms with van der Waals surface area (Å²) in [4.78, 5) is 14.0. The molecule has 0 atom stereocenters. The fourth-order valence-corrected chi connectivity index (χ4v) is 3.78. The lowest BCUT2D eigenvalue weighted by atomic mass is 10.2. The van der Waals surface area contributed by atoms with Crippen molar-refractivity contribution >= 4 is 21.6 Å². The van der Waals surface area contributed by atoms with Crippen molar-refractivity contribution in [2.24, 2.45) is 0 Å². The van der Waals surface area contributed by atoms with Gasteiger partial charge in [-0.1, -0.05) is 12.1 Å². The number of sulfonamides is 1. The molecule has 2 aromatic rings. The standard InChI is InChI=1S/C20H26FN3O3S/c1-23(2)18-10-6-16(7-11-18)15-22-20(25)5-4-14-24(3)28(26,27)19-12-8-17(21)9-13-19/h6-13H,4-5,14-15H2,1-3H3,(H,22,25). The molecule has 0 spiro atoms. The van der Waals surface area contributed by atoms with Crippen molar-refractivity contribution in [1.29, 1.82) is 0 Å². The van der Waals surface area contributed by atoms with Gasteiger partial charge in [-0.15, -0.1) is 0 Å². The maximum atomic E-state index is 13.0. The summed E-state index contributed by atoms with van der Waals surface area (Å²) in [6, 6.07) is 12.6. The summed E-state index contributed by atoms with van der Waals surface area (Å²) in [7, 11) is 1.68. The average Bonchev–Trinajstić information content (AvgIpc) is 2.67. The molecular weight excluding hydrogens is 381 g/mol. The number of hydrogen-bond acceptors (Lipinski definition) is 4. The third-order valence-electron chi connectivity index (χ3n) is 4.34. The van der Waals surface area contributed by atoms with Crippen molar-refractivity contribution in [2.75, 3.05) is 32.6 Å². The van der Waals surface area contributed by atoms with E-state index in [1.54, 1.807) is 0 Å². The Balaban J connectivity index is 1.77. The van der Waals surface area contributed by atoms with Gasteiger partial charge in [0.15, 0.2) is 0 Å². The molecule has 0 fully saturated rings. The third kappa shape index (κ3) is 6.03. The zero-order valence-corrected chi connectivity index (χ0v) is 17.2. The van der Waals surface area contributed by atoms with E-state index in [0.29, 0.717) is 13.0 Å². The normalized spacial score (nSPS) is 11.5. The van der Waals surface area contributed by atoms with E-state index in [2.05, 4.69) is 5.32 Å². The Morgan fingerprint density at radius 2 is 1.61 bits per heavy atom. The number of nitrogens with zero attached hydrogens (tertiary/aromatic N) is 2. The van der Waals surface area contributed by atoms with Crippen molar-refractivity contribution in [3.05, 3.63) is 59.9 Å². The van der Waals surface area contributed by atoms with E-state index in [9.17, 15) is 17.6 Å². The molecule has 0 saturated carbocycles. The number of rotatable bonds is 9. The van der Waals surface area contributed by atoms with Gasteiger partial charge in [0.25, 0.3) is 0 Å². The van der Waals surface area contributed by atoms with Gasteiger partial charge in [-0.05, 0) is 48.4 Å². The molecule has 0 radical (unpaired) electrons. The number of carbonyl (C=O) groups is 1. The Morgan fingerprint density at radius 3 is 2.18 bits per heavy atom. The second-order valence-corrected chi connectivity index (χ2v) is 8.77. The maximum absolute atomic E-state index is 13.0. The van der Waals surface area contributed by atoms with E-state index in [4.69, 9.17) is 0 Å². The first-order chi connectivity index (χ1) is 13.2. The SMILES string of the molecule is CN(C)c1ccc(CNC(=O)CCCN(C)S(=O)(=O)c2ccc(F)cc2)cc1. The number of anilines is 1. The lowest BCUT2D eigenvalue weighted by Crippen LogP contribution is -2.29. The highest BCUT2D eigenvalue weighted by Crippen LogP contribution is 2.15.